The Morgan fingerprint density at radius 1 is 1.44 bits per heavy atom. The van der Waals surface area contributed by atoms with Crippen molar-refractivity contribution in [1.29, 1.82) is 0 Å². The molecule has 1 heterocycles. The molecule has 0 bridgehead atoms. The molecule has 1 aliphatic rings. The monoisotopic (exact) mass is 230 g/mol. The minimum absolute atomic E-state index is 0.103. The van der Waals surface area contributed by atoms with E-state index in [2.05, 4.69) is 4.98 Å². The van der Waals surface area contributed by atoms with E-state index in [9.17, 15) is 13.2 Å². The molecule has 0 spiro atoms. The third-order valence-corrected chi connectivity index (χ3v) is 2.76. The lowest BCUT2D eigenvalue weighted by Gasteiger charge is -2.16. The number of aromatic nitrogens is 1. The lowest BCUT2D eigenvalue weighted by Crippen LogP contribution is -2.16. The summed E-state index contributed by atoms with van der Waals surface area (Å²) < 4.78 is 38.4. The van der Waals surface area contributed by atoms with E-state index in [0.29, 0.717) is 11.4 Å². The van der Waals surface area contributed by atoms with Crippen LogP contribution in [0.1, 0.15) is 41.3 Å². The van der Waals surface area contributed by atoms with Crippen LogP contribution in [-0.4, -0.2) is 4.98 Å². The number of nitrogens with zero attached hydrogens (tertiary/aromatic N) is 1. The highest BCUT2D eigenvalue weighted by molar-refractivity contribution is 5.38. The third-order valence-electron chi connectivity index (χ3n) is 2.76. The Hall–Kier alpha value is -1.10. The number of nitrogens with two attached hydrogens (primary N) is 1. The highest BCUT2D eigenvalue weighted by Gasteiger charge is 2.37. The summed E-state index contributed by atoms with van der Waals surface area (Å²) in [6, 6.07) is 1.08. The topological polar surface area (TPSA) is 38.9 Å². The van der Waals surface area contributed by atoms with Gasteiger partial charge in [0, 0.05) is 23.9 Å². The summed E-state index contributed by atoms with van der Waals surface area (Å²) in [5.74, 6) is 0.180. The summed E-state index contributed by atoms with van der Waals surface area (Å²) in [6.45, 7) is 1.48. The molecule has 2 nitrogen and oxygen atoms in total. The van der Waals surface area contributed by atoms with Crippen molar-refractivity contribution in [2.24, 2.45) is 5.73 Å². The van der Waals surface area contributed by atoms with Gasteiger partial charge < -0.3 is 5.73 Å². The molecule has 0 aromatic carbocycles. The van der Waals surface area contributed by atoms with E-state index in [1.165, 1.54) is 0 Å². The average Bonchev–Trinajstić information content (AvgIpc) is 2.98. The van der Waals surface area contributed by atoms with Gasteiger partial charge in [0.05, 0.1) is 5.56 Å². The summed E-state index contributed by atoms with van der Waals surface area (Å²) in [5.41, 5.74) is 5.93. The molecular weight excluding hydrogens is 217 g/mol. The van der Waals surface area contributed by atoms with E-state index in [-0.39, 0.29) is 18.0 Å². The van der Waals surface area contributed by atoms with Gasteiger partial charge in [-0.25, -0.2) is 0 Å². The summed E-state index contributed by atoms with van der Waals surface area (Å²) in [5, 5.41) is 0. The molecule has 0 aliphatic heterocycles. The molecule has 16 heavy (non-hydrogen) atoms. The van der Waals surface area contributed by atoms with Crippen LogP contribution in [0.15, 0.2) is 6.07 Å². The number of aryl methyl sites for hydroxylation is 1. The van der Waals surface area contributed by atoms with Crippen molar-refractivity contribution in [2.75, 3.05) is 0 Å². The van der Waals surface area contributed by atoms with Gasteiger partial charge in [-0.3, -0.25) is 4.98 Å². The number of hydrogen-bond acceptors (Lipinski definition) is 2. The second kappa shape index (κ2) is 3.73. The van der Waals surface area contributed by atoms with E-state index in [0.717, 1.165) is 18.9 Å². The molecule has 0 saturated heterocycles. The molecule has 1 fully saturated rings. The lowest BCUT2D eigenvalue weighted by molar-refractivity contribution is -0.138. The Balaban J connectivity index is 2.58. The Kier molecular flexibility index (Phi) is 2.66. The highest BCUT2D eigenvalue weighted by atomic mass is 19.4. The molecule has 1 aliphatic carbocycles. The van der Waals surface area contributed by atoms with Gasteiger partial charge in [-0.1, -0.05) is 0 Å². The summed E-state index contributed by atoms with van der Waals surface area (Å²) >= 11 is 0. The minimum Gasteiger partial charge on any atom is -0.326 e. The molecule has 1 aromatic rings. The lowest BCUT2D eigenvalue weighted by atomic mass is 10.0. The molecule has 2 N–H and O–H groups in total. The van der Waals surface area contributed by atoms with Crippen molar-refractivity contribution in [1.82, 2.24) is 4.98 Å². The van der Waals surface area contributed by atoms with Crippen LogP contribution in [0.2, 0.25) is 0 Å². The SMILES string of the molecule is Cc1cc(C(F)(F)F)c(CN)c(C2CC2)n1. The van der Waals surface area contributed by atoms with Gasteiger partial charge >= 0.3 is 6.18 Å². The van der Waals surface area contributed by atoms with Crippen molar-refractivity contribution in [2.45, 2.75) is 38.4 Å². The first-order chi connectivity index (χ1) is 7.43. The van der Waals surface area contributed by atoms with Gasteiger partial charge in [-0.15, -0.1) is 0 Å². The molecule has 0 radical (unpaired) electrons. The Morgan fingerprint density at radius 3 is 2.50 bits per heavy atom. The second-order valence-corrected chi connectivity index (χ2v) is 4.15. The Bertz CT molecular complexity index is 408. The van der Waals surface area contributed by atoms with E-state index >= 15 is 0 Å². The quantitative estimate of drug-likeness (QED) is 0.848. The minimum atomic E-state index is -4.34. The molecule has 0 unspecified atom stereocenters. The van der Waals surface area contributed by atoms with Crippen LogP contribution in [0, 0.1) is 6.92 Å². The summed E-state index contributed by atoms with van der Waals surface area (Å²) in [7, 11) is 0. The van der Waals surface area contributed by atoms with Gasteiger partial charge in [0.25, 0.3) is 0 Å². The average molecular weight is 230 g/mol. The van der Waals surface area contributed by atoms with Crippen molar-refractivity contribution in [3.63, 3.8) is 0 Å². The number of rotatable bonds is 2. The molecule has 0 atom stereocenters. The van der Waals surface area contributed by atoms with E-state index in [1.807, 2.05) is 0 Å². The van der Waals surface area contributed by atoms with E-state index < -0.39 is 11.7 Å². The van der Waals surface area contributed by atoms with E-state index in [1.54, 1.807) is 6.92 Å². The first-order valence-electron chi connectivity index (χ1n) is 5.21. The summed E-state index contributed by atoms with van der Waals surface area (Å²) in [6.07, 6.45) is -2.51. The fourth-order valence-corrected chi connectivity index (χ4v) is 1.89. The number of hydrogen-bond donors (Lipinski definition) is 1. The highest BCUT2D eigenvalue weighted by Crippen LogP contribution is 2.43. The van der Waals surface area contributed by atoms with Crippen molar-refractivity contribution >= 4 is 0 Å². The molecule has 1 aromatic heterocycles. The number of halogens is 3. The van der Waals surface area contributed by atoms with Gasteiger partial charge in [0.2, 0.25) is 0 Å². The van der Waals surface area contributed by atoms with Crippen LogP contribution in [0.25, 0.3) is 0 Å². The van der Waals surface area contributed by atoms with Crippen LogP contribution in [0.4, 0.5) is 13.2 Å². The molecule has 0 amide bonds. The van der Waals surface area contributed by atoms with Crippen LogP contribution in [-0.2, 0) is 12.7 Å². The first kappa shape index (κ1) is 11.4. The second-order valence-electron chi connectivity index (χ2n) is 4.15. The zero-order valence-electron chi connectivity index (χ0n) is 8.93. The zero-order chi connectivity index (χ0) is 11.9. The van der Waals surface area contributed by atoms with Crippen LogP contribution >= 0.6 is 0 Å². The van der Waals surface area contributed by atoms with Crippen LogP contribution in [0.3, 0.4) is 0 Å². The first-order valence-corrected chi connectivity index (χ1v) is 5.21. The Morgan fingerprint density at radius 2 is 2.06 bits per heavy atom. The molecule has 5 heteroatoms. The third kappa shape index (κ3) is 2.04. The number of pyridine rings is 1. The van der Waals surface area contributed by atoms with Crippen molar-refractivity contribution in [3.8, 4) is 0 Å². The normalized spacial score (nSPS) is 16.6. The predicted molar refractivity (Wildman–Crippen MR) is 53.8 cm³/mol. The summed E-state index contributed by atoms with van der Waals surface area (Å²) in [4.78, 5) is 4.20. The van der Waals surface area contributed by atoms with Gasteiger partial charge in [0.1, 0.15) is 0 Å². The standard InChI is InChI=1S/C11H13F3N2/c1-6-4-9(11(12,13)14)8(5-15)10(16-6)7-2-3-7/h4,7H,2-3,5,15H2,1H3. The fraction of sp³-hybridized carbons (Fsp3) is 0.545. The molecule has 2 rings (SSSR count). The van der Waals surface area contributed by atoms with Crippen LogP contribution < -0.4 is 5.73 Å². The van der Waals surface area contributed by atoms with Gasteiger partial charge in [-0.05, 0) is 31.4 Å². The molecule has 88 valence electrons. The maximum absolute atomic E-state index is 12.8. The number of alkyl halides is 3. The van der Waals surface area contributed by atoms with Gasteiger partial charge in [-0.2, -0.15) is 13.2 Å². The van der Waals surface area contributed by atoms with Crippen LogP contribution in [0.5, 0.6) is 0 Å². The predicted octanol–water partition coefficient (Wildman–Crippen LogP) is 2.74. The largest absolute Gasteiger partial charge is 0.416 e. The Labute approximate surface area is 91.7 Å². The maximum Gasteiger partial charge on any atom is 0.416 e. The zero-order valence-corrected chi connectivity index (χ0v) is 8.93. The van der Waals surface area contributed by atoms with Gasteiger partial charge in [0.15, 0.2) is 0 Å². The van der Waals surface area contributed by atoms with Crippen molar-refractivity contribution in [3.05, 3.63) is 28.6 Å². The maximum atomic E-state index is 12.8. The van der Waals surface area contributed by atoms with E-state index in [4.69, 9.17) is 5.73 Å². The fourth-order valence-electron chi connectivity index (χ4n) is 1.89. The molecular formula is C11H13F3N2. The molecule has 1 saturated carbocycles. The smallest absolute Gasteiger partial charge is 0.326 e. The van der Waals surface area contributed by atoms with Crippen molar-refractivity contribution < 1.29 is 13.2 Å².